The number of methoxy groups -OCH3 is 1. The molecular formula is C32H33BrClN5O4S. The Labute approximate surface area is 274 Å². The molecule has 0 fully saturated rings. The summed E-state index contributed by atoms with van der Waals surface area (Å²) in [6, 6.07) is 18.0. The molecule has 5 rings (SSSR count). The number of halogens is 2. The van der Waals surface area contributed by atoms with E-state index in [9.17, 15) is 4.79 Å². The molecule has 2 heterocycles. The first-order valence-corrected chi connectivity index (χ1v) is 16.3. The molecule has 4 aromatic rings. The van der Waals surface area contributed by atoms with Gasteiger partial charge in [-0.3, -0.25) is 4.79 Å². The van der Waals surface area contributed by atoms with E-state index in [4.69, 9.17) is 35.9 Å². The number of thioether (sulfide) groups is 1. The number of para-hydroxylation sites is 2. The SMILES string of the molecule is CCCSc1nc2n(n1)C(c1cc(Br)c(OCc3ccccc3Cl)c(OC)c1)C(C(=O)Nc1ccccc1OCC)=C(C)N2. The van der Waals surface area contributed by atoms with Crippen molar-refractivity contribution in [3.63, 3.8) is 0 Å². The van der Waals surface area contributed by atoms with Crippen LogP contribution in [0.2, 0.25) is 5.02 Å². The Bertz CT molecular complexity index is 1700. The van der Waals surface area contributed by atoms with Gasteiger partial charge in [0.05, 0.1) is 29.4 Å². The molecule has 2 N–H and O–H groups in total. The standard InChI is InChI=1S/C32H33BrClN5O4S/c1-5-15-44-32-37-31-35-19(3)27(30(40)36-24-13-9-10-14-25(24)42-6-2)28(39(31)38-32)21-16-22(33)29(26(17-21)41-4)43-18-20-11-7-8-12-23(20)34/h7-14,16-17,28H,5-6,15,18H2,1-4H3,(H,36,40)(H,35,37,38). The Morgan fingerprint density at radius 3 is 2.64 bits per heavy atom. The lowest BCUT2D eigenvalue weighted by molar-refractivity contribution is -0.113. The predicted molar refractivity (Wildman–Crippen MR) is 178 cm³/mol. The summed E-state index contributed by atoms with van der Waals surface area (Å²) in [4.78, 5) is 18.8. The lowest BCUT2D eigenvalue weighted by atomic mass is 9.94. The molecule has 230 valence electrons. The van der Waals surface area contributed by atoms with E-state index in [2.05, 4.69) is 33.5 Å². The van der Waals surface area contributed by atoms with Gasteiger partial charge in [0, 0.05) is 22.0 Å². The van der Waals surface area contributed by atoms with Crippen LogP contribution in [0.25, 0.3) is 0 Å². The molecule has 0 saturated heterocycles. The van der Waals surface area contributed by atoms with Crippen LogP contribution in [0, 0.1) is 0 Å². The van der Waals surface area contributed by atoms with Gasteiger partial charge < -0.3 is 24.8 Å². The van der Waals surface area contributed by atoms with E-state index in [0.29, 0.717) is 61.4 Å². The molecule has 3 aromatic carbocycles. The molecule has 1 aliphatic heterocycles. The van der Waals surface area contributed by atoms with Gasteiger partial charge >= 0.3 is 0 Å². The van der Waals surface area contributed by atoms with Crippen LogP contribution in [0.1, 0.15) is 44.4 Å². The van der Waals surface area contributed by atoms with Crippen molar-refractivity contribution in [2.24, 2.45) is 0 Å². The minimum absolute atomic E-state index is 0.248. The molecule has 1 aliphatic rings. The molecular weight excluding hydrogens is 666 g/mol. The van der Waals surface area contributed by atoms with E-state index in [0.717, 1.165) is 23.3 Å². The van der Waals surface area contributed by atoms with Crippen molar-refractivity contribution in [3.8, 4) is 17.2 Å². The highest BCUT2D eigenvalue weighted by molar-refractivity contribution is 9.10. The van der Waals surface area contributed by atoms with Crippen molar-refractivity contribution in [3.05, 3.63) is 92.6 Å². The second-order valence-electron chi connectivity index (χ2n) is 9.87. The van der Waals surface area contributed by atoms with Crippen molar-refractivity contribution in [1.29, 1.82) is 0 Å². The Morgan fingerprint density at radius 2 is 1.89 bits per heavy atom. The minimum Gasteiger partial charge on any atom is -0.493 e. The van der Waals surface area contributed by atoms with Crippen LogP contribution in [0.5, 0.6) is 17.2 Å². The summed E-state index contributed by atoms with van der Waals surface area (Å²) >= 11 is 11.6. The van der Waals surface area contributed by atoms with Gasteiger partial charge in [0.15, 0.2) is 11.5 Å². The summed E-state index contributed by atoms with van der Waals surface area (Å²) in [6.45, 7) is 6.59. The van der Waals surface area contributed by atoms with Gasteiger partial charge in [-0.1, -0.05) is 60.6 Å². The van der Waals surface area contributed by atoms with Gasteiger partial charge in [-0.2, -0.15) is 4.98 Å². The van der Waals surface area contributed by atoms with E-state index < -0.39 is 6.04 Å². The smallest absolute Gasteiger partial charge is 0.255 e. The summed E-state index contributed by atoms with van der Waals surface area (Å²) < 4.78 is 20.1. The van der Waals surface area contributed by atoms with E-state index >= 15 is 0 Å². The number of hydrogen-bond acceptors (Lipinski definition) is 8. The number of ether oxygens (including phenoxy) is 3. The third-order valence-corrected chi connectivity index (χ3v) is 8.85. The average molecular weight is 699 g/mol. The maximum absolute atomic E-state index is 14.1. The first-order valence-electron chi connectivity index (χ1n) is 14.2. The topological polar surface area (TPSA) is 99.5 Å². The Kier molecular flexibility index (Phi) is 10.4. The zero-order valence-corrected chi connectivity index (χ0v) is 28.0. The van der Waals surface area contributed by atoms with Gasteiger partial charge in [0.1, 0.15) is 18.4 Å². The van der Waals surface area contributed by atoms with Crippen LogP contribution in [0.4, 0.5) is 11.6 Å². The number of aromatic nitrogens is 3. The Hall–Kier alpha value is -3.67. The molecule has 0 saturated carbocycles. The predicted octanol–water partition coefficient (Wildman–Crippen LogP) is 8.11. The third-order valence-electron chi connectivity index (χ3n) is 6.85. The van der Waals surface area contributed by atoms with Crippen LogP contribution >= 0.6 is 39.3 Å². The number of benzene rings is 3. The normalized spacial score (nSPS) is 14.1. The van der Waals surface area contributed by atoms with Crippen molar-refractivity contribution in [1.82, 2.24) is 14.8 Å². The summed E-state index contributed by atoms with van der Waals surface area (Å²) in [5, 5.41) is 12.4. The molecule has 1 aromatic heterocycles. The van der Waals surface area contributed by atoms with Crippen molar-refractivity contribution in [2.45, 2.75) is 45.0 Å². The Morgan fingerprint density at radius 1 is 1.11 bits per heavy atom. The highest BCUT2D eigenvalue weighted by Crippen LogP contribution is 2.44. The molecule has 0 bridgehead atoms. The van der Waals surface area contributed by atoms with Crippen molar-refractivity contribution < 1.29 is 19.0 Å². The van der Waals surface area contributed by atoms with Crippen molar-refractivity contribution >= 4 is 56.8 Å². The Balaban J connectivity index is 1.56. The lowest BCUT2D eigenvalue weighted by Crippen LogP contribution is -2.31. The number of nitrogens with one attached hydrogen (secondary N) is 2. The molecule has 12 heteroatoms. The minimum atomic E-state index is -0.628. The van der Waals surface area contributed by atoms with Crippen LogP contribution in [0.15, 0.2) is 81.6 Å². The summed E-state index contributed by atoms with van der Waals surface area (Å²) in [5.41, 5.74) is 3.30. The molecule has 0 radical (unpaired) electrons. The molecule has 1 amide bonds. The van der Waals surface area contributed by atoms with E-state index in [1.165, 1.54) is 0 Å². The van der Waals surface area contributed by atoms with Gasteiger partial charge in [-0.15, -0.1) is 5.10 Å². The number of carbonyl (C=O) groups is 1. The maximum Gasteiger partial charge on any atom is 0.255 e. The first-order chi connectivity index (χ1) is 21.3. The van der Waals surface area contributed by atoms with Crippen LogP contribution in [0.3, 0.4) is 0 Å². The van der Waals surface area contributed by atoms with Gasteiger partial charge in [0.25, 0.3) is 5.91 Å². The fourth-order valence-corrected chi connectivity index (χ4v) is 6.28. The maximum atomic E-state index is 14.1. The van der Waals surface area contributed by atoms with Crippen LogP contribution in [-0.4, -0.2) is 40.1 Å². The lowest BCUT2D eigenvalue weighted by Gasteiger charge is -2.29. The zero-order valence-electron chi connectivity index (χ0n) is 24.8. The molecule has 1 unspecified atom stereocenters. The monoisotopic (exact) mass is 697 g/mol. The number of anilines is 2. The number of hydrogen-bond donors (Lipinski definition) is 2. The number of rotatable bonds is 12. The van der Waals surface area contributed by atoms with E-state index in [1.807, 2.05) is 74.5 Å². The second-order valence-corrected chi connectivity index (χ2v) is 12.2. The number of fused-ring (bicyclic) bond motifs is 1. The molecule has 1 atom stereocenters. The van der Waals surface area contributed by atoms with Gasteiger partial charge in [-0.05, 0) is 72.1 Å². The van der Waals surface area contributed by atoms with Crippen molar-refractivity contribution in [2.75, 3.05) is 30.1 Å². The number of carbonyl (C=O) groups excluding carboxylic acids is 1. The third kappa shape index (κ3) is 6.85. The largest absolute Gasteiger partial charge is 0.493 e. The van der Waals surface area contributed by atoms with E-state index in [1.54, 1.807) is 23.6 Å². The number of allylic oxidation sites excluding steroid dienone is 1. The highest BCUT2D eigenvalue weighted by atomic mass is 79.9. The first kappa shape index (κ1) is 31.7. The van der Waals surface area contributed by atoms with Crippen LogP contribution in [-0.2, 0) is 11.4 Å². The summed E-state index contributed by atoms with van der Waals surface area (Å²) in [5.74, 6) is 2.71. The van der Waals surface area contributed by atoms with E-state index in [-0.39, 0.29) is 12.5 Å². The second kappa shape index (κ2) is 14.4. The number of nitrogens with zero attached hydrogens (tertiary/aromatic N) is 3. The number of amides is 1. The quantitative estimate of drug-likeness (QED) is 0.143. The molecule has 0 spiro atoms. The van der Waals surface area contributed by atoms with Gasteiger partial charge in [-0.25, -0.2) is 4.68 Å². The average Bonchev–Trinajstić information content (AvgIpc) is 3.42. The molecule has 9 nitrogen and oxygen atoms in total. The fourth-order valence-electron chi connectivity index (χ4n) is 4.83. The molecule has 44 heavy (non-hydrogen) atoms. The highest BCUT2D eigenvalue weighted by Gasteiger charge is 2.35. The van der Waals surface area contributed by atoms with Gasteiger partial charge in [0.2, 0.25) is 11.1 Å². The fraction of sp³-hybridized carbons (Fsp3) is 0.281. The van der Waals surface area contributed by atoms with Crippen LogP contribution < -0.4 is 24.8 Å². The summed E-state index contributed by atoms with van der Waals surface area (Å²) in [7, 11) is 1.58. The zero-order chi connectivity index (χ0) is 31.2. The molecule has 0 aliphatic carbocycles. The summed E-state index contributed by atoms with van der Waals surface area (Å²) in [6.07, 6.45) is 0.982.